The number of rotatable bonds is 2. The van der Waals surface area contributed by atoms with Crippen LogP contribution in [-0.4, -0.2) is 23.3 Å². The zero-order valence-electron chi connectivity index (χ0n) is 11.2. The molecule has 1 unspecified atom stereocenters. The van der Waals surface area contributed by atoms with Gasteiger partial charge in [0.1, 0.15) is 0 Å². The lowest BCUT2D eigenvalue weighted by atomic mass is 10.1. The molecule has 1 atom stereocenters. The molecule has 5 heteroatoms. The first-order valence-electron chi connectivity index (χ1n) is 6.52. The van der Waals surface area contributed by atoms with Gasteiger partial charge in [0.2, 0.25) is 11.8 Å². The number of hydrogen-bond acceptors (Lipinski definition) is 3. The summed E-state index contributed by atoms with van der Waals surface area (Å²) < 4.78 is 0. The number of pyridine rings is 1. The van der Waals surface area contributed by atoms with Crippen molar-refractivity contribution >= 4 is 28.4 Å². The first-order valence-corrected chi connectivity index (χ1v) is 6.52. The van der Waals surface area contributed by atoms with Gasteiger partial charge < -0.3 is 10.6 Å². The first kappa shape index (κ1) is 12.6. The number of aryl methyl sites for hydroxylation is 1. The van der Waals surface area contributed by atoms with Gasteiger partial charge in [-0.1, -0.05) is 18.2 Å². The minimum absolute atomic E-state index is 0.0652. The number of benzene rings is 1. The van der Waals surface area contributed by atoms with E-state index in [-0.39, 0.29) is 12.3 Å². The Bertz CT molecular complexity index is 711. The highest BCUT2D eigenvalue weighted by Gasteiger charge is 2.34. The number of amides is 2. The van der Waals surface area contributed by atoms with Crippen molar-refractivity contribution in [3.05, 3.63) is 36.0 Å². The lowest BCUT2D eigenvalue weighted by Gasteiger charge is -2.19. The van der Waals surface area contributed by atoms with Crippen molar-refractivity contribution < 1.29 is 9.59 Å². The molecule has 2 N–H and O–H groups in total. The fraction of sp³-hybridized carbons (Fsp3) is 0.267. The number of para-hydroxylation sites is 1. The number of carbonyl (C=O) groups excluding carboxylic acids is 2. The van der Waals surface area contributed by atoms with Gasteiger partial charge in [-0.25, -0.2) is 0 Å². The average Bonchev–Trinajstić information content (AvgIpc) is 2.80. The Morgan fingerprint density at radius 1 is 1.40 bits per heavy atom. The number of primary amides is 1. The maximum absolute atomic E-state index is 12.1. The molecular weight excluding hydrogens is 254 g/mol. The molecule has 1 aliphatic rings. The van der Waals surface area contributed by atoms with E-state index in [0.29, 0.717) is 6.54 Å². The Kier molecular flexibility index (Phi) is 2.89. The molecule has 1 aromatic carbocycles. The fourth-order valence-corrected chi connectivity index (χ4v) is 2.64. The molecule has 3 rings (SSSR count). The molecule has 0 radical (unpaired) electrons. The highest BCUT2D eigenvalue weighted by atomic mass is 16.2. The largest absolute Gasteiger partial charge is 0.369 e. The standard InChI is InChI=1S/C15H15N3O2/c1-9-6-13(11-4-2-3-5-12(11)17-9)18-8-10(15(16)20)7-14(18)19/h2-6,10H,7-8H2,1H3,(H2,16,20). The highest BCUT2D eigenvalue weighted by Crippen LogP contribution is 2.31. The molecule has 1 aromatic heterocycles. The van der Waals surface area contributed by atoms with Gasteiger partial charge >= 0.3 is 0 Å². The van der Waals surface area contributed by atoms with Crippen LogP contribution in [0.25, 0.3) is 10.9 Å². The Balaban J connectivity index is 2.10. The van der Waals surface area contributed by atoms with E-state index in [2.05, 4.69) is 4.98 Å². The van der Waals surface area contributed by atoms with Gasteiger partial charge in [0, 0.05) is 24.0 Å². The van der Waals surface area contributed by atoms with Crippen LogP contribution >= 0.6 is 0 Å². The smallest absolute Gasteiger partial charge is 0.227 e. The Labute approximate surface area is 116 Å². The van der Waals surface area contributed by atoms with Crippen molar-refractivity contribution in [3.8, 4) is 0 Å². The molecule has 0 spiro atoms. The van der Waals surface area contributed by atoms with Crippen molar-refractivity contribution in [2.75, 3.05) is 11.4 Å². The van der Waals surface area contributed by atoms with Crippen molar-refractivity contribution in [1.82, 2.24) is 4.98 Å². The maximum atomic E-state index is 12.1. The number of hydrogen-bond donors (Lipinski definition) is 1. The van der Waals surface area contributed by atoms with Crippen molar-refractivity contribution in [2.45, 2.75) is 13.3 Å². The minimum Gasteiger partial charge on any atom is -0.369 e. The first-order chi connectivity index (χ1) is 9.56. The summed E-state index contributed by atoms with van der Waals surface area (Å²) in [7, 11) is 0. The second kappa shape index (κ2) is 4.59. The van der Waals surface area contributed by atoms with Crippen LogP contribution in [0.1, 0.15) is 12.1 Å². The van der Waals surface area contributed by atoms with Crippen LogP contribution in [0, 0.1) is 12.8 Å². The van der Waals surface area contributed by atoms with Gasteiger partial charge in [-0.2, -0.15) is 0 Å². The third kappa shape index (κ3) is 2.01. The molecule has 1 fully saturated rings. The maximum Gasteiger partial charge on any atom is 0.227 e. The SMILES string of the molecule is Cc1cc(N2CC(C(N)=O)CC2=O)c2ccccc2n1. The monoisotopic (exact) mass is 269 g/mol. The van der Waals surface area contributed by atoms with E-state index >= 15 is 0 Å². The van der Waals surface area contributed by atoms with E-state index in [4.69, 9.17) is 5.73 Å². The second-order valence-corrected chi connectivity index (χ2v) is 5.11. The molecule has 5 nitrogen and oxygen atoms in total. The van der Waals surface area contributed by atoms with E-state index in [1.165, 1.54) is 0 Å². The summed E-state index contributed by atoms with van der Waals surface area (Å²) in [6.07, 6.45) is 0.186. The summed E-state index contributed by atoms with van der Waals surface area (Å²) in [6.45, 7) is 2.24. The number of anilines is 1. The number of carbonyl (C=O) groups is 2. The predicted molar refractivity (Wildman–Crippen MR) is 76.1 cm³/mol. The summed E-state index contributed by atoms with van der Waals surface area (Å²) in [5.74, 6) is -0.893. The number of aromatic nitrogens is 1. The predicted octanol–water partition coefficient (Wildman–Crippen LogP) is 1.38. The van der Waals surface area contributed by atoms with Gasteiger partial charge in [0.15, 0.2) is 0 Å². The quantitative estimate of drug-likeness (QED) is 0.894. The molecule has 1 aliphatic heterocycles. The molecule has 1 saturated heterocycles. The molecule has 102 valence electrons. The van der Waals surface area contributed by atoms with Gasteiger partial charge in [-0.05, 0) is 19.1 Å². The fourth-order valence-electron chi connectivity index (χ4n) is 2.64. The van der Waals surface area contributed by atoms with E-state index in [0.717, 1.165) is 22.3 Å². The zero-order valence-corrected chi connectivity index (χ0v) is 11.2. The Morgan fingerprint density at radius 2 is 2.15 bits per heavy atom. The van der Waals surface area contributed by atoms with Crippen LogP contribution in [0.5, 0.6) is 0 Å². The average molecular weight is 269 g/mol. The Hall–Kier alpha value is -2.43. The summed E-state index contributed by atoms with van der Waals surface area (Å²) in [6, 6.07) is 9.55. The second-order valence-electron chi connectivity index (χ2n) is 5.11. The van der Waals surface area contributed by atoms with E-state index in [1.54, 1.807) is 4.90 Å². The number of fused-ring (bicyclic) bond motifs is 1. The van der Waals surface area contributed by atoms with Gasteiger partial charge in [0.25, 0.3) is 0 Å². The molecular formula is C15H15N3O2. The highest BCUT2D eigenvalue weighted by molar-refractivity contribution is 6.06. The molecule has 2 amide bonds. The third-order valence-electron chi connectivity index (χ3n) is 3.64. The summed E-state index contributed by atoms with van der Waals surface area (Å²) in [5, 5.41) is 0.913. The normalized spacial score (nSPS) is 18.8. The van der Waals surface area contributed by atoms with Gasteiger partial charge in [0.05, 0.1) is 17.1 Å². The number of nitrogens with two attached hydrogens (primary N) is 1. The Morgan fingerprint density at radius 3 is 2.85 bits per heavy atom. The van der Waals surface area contributed by atoms with E-state index in [1.807, 2.05) is 37.3 Å². The van der Waals surface area contributed by atoms with E-state index in [9.17, 15) is 9.59 Å². The van der Waals surface area contributed by atoms with Crippen LogP contribution in [0.3, 0.4) is 0 Å². The summed E-state index contributed by atoms with van der Waals surface area (Å²) in [4.78, 5) is 29.5. The van der Waals surface area contributed by atoms with Gasteiger partial charge in [-0.3, -0.25) is 14.6 Å². The zero-order chi connectivity index (χ0) is 14.3. The van der Waals surface area contributed by atoms with Crippen LogP contribution < -0.4 is 10.6 Å². The van der Waals surface area contributed by atoms with E-state index < -0.39 is 11.8 Å². The van der Waals surface area contributed by atoms with Crippen molar-refractivity contribution in [1.29, 1.82) is 0 Å². The van der Waals surface area contributed by atoms with Crippen LogP contribution in [0.4, 0.5) is 5.69 Å². The van der Waals surface area contributed by atoms with Crippen molar-refractivity contribution in [3.63, 3.8) is 0 Å². The van der Waals surface area contributed by atoms with Gasteiger partial charge in [-0.15, -0.1) is 0 Å². The topological polar surface area (TPSA) is 76.3 Å². The minimum atomic E-state index is -0.420. The molecule has 20 heavy (non-hydrogen) atoms. The third-order valence-corrected chi connectivity index (χ3v) is 3.64. The molecule has 0 saturated carbocycles. The lowest BCUT2D eigenvalue weighted by Crippen LogP contribution is -2.28. The molecule has 0 bridgehead atoms. The van der Waals surface area contributed by atoms with Crippen LogP contribution in [0.15, 0.2) is 30.3 Å². The summed E-state index contributed by atoms with van der Waals surface area (Å²) in [5.41, 5.74) is 7.81. The van der Waals surface area contributed by atoms with Crippen LogP contribution in [-0.2, 0) is 9.59 Å². The van der Waals surface area contributed by atoms with Crippen LogP contribution in [0.2, 0.25) is 0 Å². The molecule has 2 aromatic rings. The molecule has 2 heterocycles. The van der Waals surface area contributed by atoms with Crippen molar-refractivity contribution in [2.24, 2.45) is 11.7 Å². The number of nitrogens with zero attached hydrogens (tertiary/aromatic N) is 2. The molecule has 0 aliphatic carbocycles. The summed E-state index contributed by atoms with van der Waals surface area (Å²) >= 11 is 0. The lowest BCUT2D eigenvalue weighted by molar-refractivity contribution is -0.123.